The van der Waals surface area contributed by atoms with Gasteiger partial charge in [-0.05, 0) is 24.1 Å². The Bertz CT molecular complexity index is 550. The molecular formula is C11H10F3N3S. The second-order valence-electron chi connectivity index (χ2n) is 3.78. The standard InChI is InChI=1S/C11H10F3N3S/c1-6-4-16-3-2-7(6)9(15)8-5-17-10(18-8)11(12,13)14/h2-5,9H,15H2,1H3. The van der Waals surface area contributed by atoms with E-state index in [0.29, 0.717) is 16.2 Å². The van der Waals surface area contributed by atoms with Crippen LogP contribution in [0.1, 0.15) is 27.1 Å². The Morgan fingerprint density at radius 2 is 2.06 bits per heavy atom. The quantitative estimate of drug-likeness (QED) is 0.915. The zero-order chi connectivity index (χ0) is 13.3. The summed E-state index contributed by atoms with van der Waals surface area (Å²) in [5.41, 5.74) is 7.54. The van der Waals surface area contributed by atoms with Crippen LogP contribution in [0, 0.1) is 6.92 Å². The van der Waals surface area contributed by atoms with Crippen LogP contribution in [-0.2, 0) is 6.18 Å². The Morgan fingerprint density at radius 1 is 1.33 bits per heavy atom. The second-order valence-corrected chi connectivity index (χ2v) is 4.84. The van der Waals surface area contributed by atoms with E-state index in [0.717, 1.165) is 11.1 Å². The molecule has 0 bridgehead atoms. The van der Waals surface area contributed by atoms with Gasteiger partial charge in [-0.2, -0.15) is 13.2 Å². The summed E-state index contributed by atoms with van der Waals surface area (Å²) in [4.78, 5) is 7.67. The smallest absolute Gasteiger partial charge is 0.320 e. The zero-order valence-electron chi connectivity index (χ0n) is 9.40. The number of nitrogens with two attached hydrogens (primary N) is 1. The van der Waals surface area contributed by atoms with Crippen molar-refractivity contribution in [1.29, 1.82) is 0 Å². The molecule has 1 unspecified atom stereocenters. The summed E-state index contributed by atoms with van der Waals surface area (Å²) in [6.07, 6.45) is -0.0528. The van der Waals surface area contributed by atoms with Crippen molar-refractivity contribution < 1.29 is 13.2 Å². The summed E-state index contributed by atoms with van der Waals surface area (Å²) in [6, 6.07) is 1.09. The van der Waals surface area contributed by atoms with Crippen LogP contribution in [0.15, 0.2) is 24.7 Å². The van der Waals surface area contributed by atoms with E-state index in [-0.39, 0.29) is 0 Å². The zero-order valence-corrected chi connectivity index (χ0v) is 10.2. The van der Waals surface area contributed by atoms with E-state index < -0.39 is 17.2 Å². The molecule has 96 valence electrons. The molecule has 0 spiro atoms. The number of aryl methyl sites for hydroxylation is 1. The summed E-state index contributed by atoms with van der Waals surface area (Å²) in [6.45, 7) is 1.81. The van der Waals surface area contributed by atoms with Crippen LogP contribution in [0.25, 0.3) is 0 Å². The van der Waals surface area contributed by atoms with E-state index in [4.69, 9.17) is 5.73 Å². The Hall–Kier alpha value is -1.47. The Labute approximate surface area is 105 Å². The number of hydrogen-bond acceptors (Lipinski definition) is 4. The summed E-state index contributed by atoms with van der Waals surface area (Å²) < 4.78 is 37.3. The lowest BCUT2D eigenvalue weighted by Gasteiger charge is -2.11. The molecule has 0 radical (unpaired) electrons. The Morgan fingerprint density at radius 3 is 2.61 bits per heavy atom. The highest BCUT2D eigenvalue weighted by atomic mass is 32.1. The number of nitrogens with zero attached hydrogens (tertiary/aromatic N) is 2. The van der Waals surface area contributed by atoms with Crippen molar-refractivity contribution >= 4 is 11.3 Å². The van der Waals surface area contributed by atoms with Gasteiger partial charge in [0.1, 0.15) is 0 Å². The van der Waals surface area contributed by atoms with Gasteiger partial charge in [0.2, 0.25) is 0 Å². The van der Waals surface area contributed by atoms with Crippen molar-refractivity contribution in [2.75, 3.05) is 0 Å². The first-order valence-electron chi connectivity index (χ1n) is 5.08. The summed E-state index contributed by atoms with van der Waals surface area (Å²) in [7, 11) is 0. The van der Waals surface area contributed by atoms with Crippen molar-refractivity contribution in [2.45, 2.75) is 19.1 Å². The molecule has 2 N–H and O–H groups in total. The minimum atomic E-state index is -4.42. The lowest BCUT2D eigenvalue weighted by molar-refractivity contribution is -0.137. The van der Waals surface area contributed by atoms with Gasteiger partial charge in [-0.25, -0.2) is 4.98 Å². The average Bonchev–Trinajstić information content (AvgIpc) is 2.77. The van der Waals surface area contributed by atoms with Crippen molar-refractivity contribution in [1.82, 2.24) is 9.97 Å². The van der Waals surface area contributed by atoms with E-state index in [1.54, 1.807) is 18.5 Å². The predicted molar refractivity (Wildman–Crippen MR) is 62.1 cm³/mol. The maximum absolute atomic E-state index is 12.4. The molecule has 0 fully saturated rings. The van der Waals surface area contributed by atoms with Gasteiger partial charge in [-0.3, -0.25) is 4.98 Å². The lowest BCUT2D eigenvalue weighted by atomic mass is 10.0. The monoisotopic (exact) mass is 273 g/mol. The molecule has 18 heavy (non-hydrogen) atoms. The molecular weight excluding hydrogens is 263 g/mol. The third-order valence-corrected chi connectivity index (χ3v) is 3.60. The van der Waals surface area contributed by atoms with Crippen LogP contribution in [0.5, 0.6) is 0 Å². The molecule has 1 atom stereocenters. The topological polar surface area (TPSA) is 51.8 Å². The normalized spacial score (nSPS) is 13.6. The van der Waals surface area contributed by atoms with Crippen LogP contribution in [-0.4, -0.2) is 9.97 Å². The van der Waals surface area contributed by atoms with Gasteiger partial charge in [-0.1, -0.05) is 0 Å². The number of aromatic nitrogens is 2. The molecule has 3 nitrogen and oxygen atoms in total. The highest BCUT2D eigenvalue weighted by Gasteiger charge is 2.35. The van der Waals surface area contributed by atoms with E-state index in [1.807, 2.05) is 6.92 Å². The van der Waals surface area contributed by atoms with Crippen LogP contribution < -0.4 is 5.73 Å². The van der Waals surface area contributed by atoms with Gasteiger partial charge >= 0.3 is 6.18 Å². The summed E-state index contributed by atoms with van der Waals surface area (Å²) in [5.74, 6) is 0. The van der Waals surface area contributed by atoms with Crippen LogP contribution in [0.2, 0.25) is 0 Å². The SMILES string of the molecule is Cc1cnccc1C(N)c1cnc(C(F)(F)F)s1. The molecule has 7 heteroatoms. The first-order chi connectivity index (χ1) is 8.39. The number of halogens is 3. The molecule has 0 saturated carbocycles. The maximum Gasteiger partial charge on any atom is 0.443 e. The van der Waals surface area contributed by atoms with Gasteiger partial charge < -0.3 is 5.73 Å². The van der Waals surface area contributed by atoms with Gasteiger partial charge in [0.05, 0.1) is 6.04 Å². The van der Waals surface area contributed by atoms with Crippen LogP contribution in [0.3, 0.4) is 0 Å². The minimum absolute atomic E-state index is 0.386. The number of hydrogen-bond donors (Lipinski definition) is 1. The van der Waals surface area contributed by atoms with E-state index in [9.17, 15) is 13.2 Å². The maximum atomic E-state index is 12.4. The average molecular weight is 273 g/mol. The van der Waals surface area contributed by atoms with Gasteiger partial charge in [0.15, 0.2) is 5.01 Å². The van der Waals surface area contributed by atoms with Crippen molar-refractivity contribution in [3.05, 3.63) is 45.7 Å². The molecule has 0 aromatic carbocycles. The second kappa shape index (κ2) is 4.66. The highest BCUT2D eigenvalue weighted by Crippen LogP contribution is 2.35. The lowest BCUT2D eigenvalue weighted by Crippen LogP contribution is -2.11. The molecule has 0 aliphatic carbocycles. The van der Waals surface area contributed by atoms with Crippen molar-refractivity contribution in [3.8, 4) is 0 Å². The predicted octanol–water partition coefficient (Wildman–Crippen LogP) is 2.91. The van der Waals surface area contributed by atoms with Gasteiger partial charge in [0, 0.05) is 23.5 Å². The molecule has 2 aromatic rings. The highest BCUT2D eigenvalue weighted by molar-refractivity contribution is 7.11. The molecule has 0 saturated heterocycles. The van der Waals surface area contributed by atoms with E-state index in [1.165, 1.54) is 6.20 Å². The minimum Gasteiger partial charge on any atom is -0.320 e. The number of rotatable bonds is 2. The summed E-state index contributed by atoms with van der Waals surface area (Å²) in [5, 5.41) is -0.875. The third kappa shape index (κ3) is 2.51. The largest absolute Gasteiger partial charge is 0.443 e. The molecule has 2 aromatic heterocycles. The fraction of sp³-hybridized carbons (Fsp3) is 0.273. The van der Waals surface area contributed by atoms with E-state index >= 15 is 0 Å². The first kappa shape index (κ1) is 13.0. The molecule has 0 aliphatic rings. The van der Waals surface area contributed by atoms with Crippen molar-refractivity contribution in [3.63, 3.8) is 0 Å². The Kier molecular flexibility index (Phi) is 3.36. The molecule has 2 rings (SSSR count). The van der Waals surface area contributed by atoms with Gasteiger partial charge in [-0.15, -0.1) is 11.3 Å². The molecule has 0 amide bonds. The van der Waals surface area contributed by atoms with Crippen LogP contribution >= 0.6 is 11.3 Å². The Balaban J connectivity index is 2.33. The first-order valence-corrected chi connectivity index (χ1v) is 5.90. The molecule has 0 aliphatic heterocycles. The third-order valence-electron chi connectivity index (χ3n) is 2.47. The molecule has 2 heterocycles. The number of thiazole rings is 1. The number of alkyl halides is 3. The van der Waals surface area contributed by atoms with Crippen molar-refractivity contribution in [2.24, 2.45) is 5.73 Å². The van der Waals surface area contributed by atoms with Gasteiger partial charge in [0.25, 0.3) is 0 Å². The van der Waals surface area contributed by atoms with Crippen LogP contribution in [0.4, 0.5) is 13.2 Å². The summed E-state index contributed by atoms with van der Waals surface area (Å²) >= 11 is 0.570. The van der Waals surface area contributed by atoms with E-state index in [2.05, 4.69) is 9.97 Å². The number of pyridine rings is 1. The fourth-order valence-electron chi connectivity index (χ4n) is 1.55. The fourth-order valence-corrected chi connectivity index (χ4v) is 2.35.